The number of hydrogen-bond acceptors (Lipinski definition) is 1. The number of rotatable bonds is 5. The second-order valence-corrected chi connectivity index (χ2v) is 2.38. The molecular formula is C9H16O. The molecule has 0 spiro atoms. The van der Waals surface area contributed by atoms with E-state index in [1.54, 1.807) is 0 Å². The predicted molar refractivity (Wildman–Crippen MR) is 44.0 cm³/mol. The number of carbonyl (C=O) groups is 1. The van der Waals surface area contributed by atoms with Gasteiger partial charge in [0.15, 0.2) is 0 Å². The monoisotopic (exact) mass is 140 g/mol. The van der Waals surface area contributed by atoms with Crippen molar-refractivity contribution in [2.24, 2.45) is 0 Å². The Hall–Kier alpha value is -0.590. The fourth-order valence-corrected chi connectivity index (χ4v) is 0.828. The Morgan fingerprint density at radius 2 is 2.10 bits per heavy atom. The van der Waals surface area contributed by atoms with Gasteiger partial charge in [0.1, 0.15) is 6.29 Å². The molecule has 0 rings (SSSR count). The number of allylic oxidation sites excluding steroid dienone is 2. The summed E-state index contributed by atoms with van der Waals surface area (Å²) in [7, 11) is 0. The SMILES string of the molecule is CCCC=C(CC)CC=O. The Bertz CT molecular complexity index is 114. The Morgan fingerprint density at radius 1 is 1.40 bits per heavy atom. The molecule has 0 aliphatic heterocycles. The molecule has 0 aromatic rings. The lowest BCUT2D eigenvalue weighted by Gasteiger charge is -1.96. The van der Waals surface area contributed by atoms with Gasteiger partial charge in [-0.15, -0.1) is 0 Å². The van der Waals surface area contributed by atoms with Crippen molar-refractivity contribution >= 4 is 6.29 Å². The highest BCUT2D eigenvalue weighted by atomic mass is 16.1. The van der Waals surface area contributed by atoms with Crippen molar-refractivity contribution in [1.29, 1.82) is 0 Å². The van der Waals surface area contributed by atoms with Crippen molar-refractivity contribution < 1.29 is 4.79 Å². The van der Waals surface area contributed by atoms with Gasteiger partial charge in [-0.05, 0) is 12.8 Å². The molecule has 0 unspecified atom stereocenters. The molecule has 0 aromatic carbocycles. The van der Waals surface area contributed by atoms with Crippen molar-refractivity contribution in [1.82, 2.24) is 0 Å². The van der Waals surface area contributed by atoms with Gasteiger partial charge in [0.05, 0.1) is 0 Å². The van der Waals surface area contributed by atoms with Gasteiger partial charge < -0.3 is 4.79 Å². The van der Waals surface area contributed by atoms with Crippen LogP contribution in [0.1, 0.15) is 39.5 Å². The summed E-state index contributed by atoms with van der Waals surface area (Å²) in [6, 6.07) is 0. The topological polar surface area (TPSA) is 17.1 Å². The maximum absolute atomic E-state index is 10.1. The van der Waals surface area contributed by atoms with E-state index in [9.17, 15) is 4.79 Å². The molecule has 0 radical (unpaired) electrons. The third-order valence-corrected chi connectivity index (χ3v) is 1.52. The van der Waals surface area contributed by atoms with Gasteiger partial charge >= 0.3 is 0 Å². The standard InChI is InChI=1S/C9H16O/c1-3-5-6-9(4-2)7-8-10/h6,8H,3-5,7H2,1-2H3. The first-order chi connectivity index (χ1) is 4.85. The van der Waals surface area contributed by atoms with Gasteiger partial charge in [-0.2, -0.15) is 0 Å². The first-order valence-corrected chi connectivity index (χ1v) is 3.96. The Morgan fingerprint density at radius 3 is 2.50 bits per heavy atom. The largest absolute Gasteiger partial charge is 0.303 e. The molecule has 1 nitrogen and oxygen atoms in total. The molecule has 58 valence electrons. The van der Waals surface area contributed by atoms with E-state index in [0.717, 1.165) is 19.1 Å². The minimum absolute atomic E-state index is 0.622. The summed E-state index contributed by atoms with van der Waals surface area (Å²) < 4.78 is 0. The van der Waals surface area contributed by atoms with Crippen LogP contribution in [0.15, 0.2) is 11.6 Å². The minimum Gasteiger partial charge on any atom is -0.303 e. The summed E-state index contributed by atoms with van der Waals surface area (Å²) in [6.07, 6.45) is 7.06. The zero-order chi connectivity index (χ0) is 7.82. The molecular weight excluding hydrogens is 124 g/mol. The number of unbranched alkanes of at least 4 members (excludes halogenated alkanes) is 1. The smallest absolute Gasteiger partial charge is 0.124 e. The van der Waals surface area contributed by atoms with Crippen LogP contribution in [0.3, 0.4) is 0 Å². The summed E-state index contributed by atoms with van der Waals surface area (Å²) in [5.41, 5.74) is 1.27. The van der Waals surface area contributed by atoms with E-state index in [1.165, 1.54) is 12.0 Å². The van der Waals surface area contributed by atoms with E-state index in [4.69, 9.17) is 0 Å². The van der Waals surface area contributed by atoms with Crippen LogP contribution >= 0.6 is 0 Å². The van der Waals surface area contributed by atoms with Crippen LogP contribution < -0.4 is 0 Å². The van der Waals surface area contributed by atoms with Crippen LogP contribution in [0.5, 0.6) is 0 Å². The second kappa shape index (κ2) is 6.53. The van der Waals surface area contributed by atoms with Crippen molar-refractivity contribution in [2.45, 2.75) is 39.5 Å². The number of carbonyl (C=O) groups excluding carboxylic acids is 1. The van der Waals surface area contributed by atoms with Crippen molar-refractivity contribution in [3.63, 3.8) is 0 Å². The zero-order valence-corrected chi connectivity index (χ0v) is 6.89. The molecule has 0 aliphatic carbocycles. The van der Waals surface area contributed by atoms with Gasteiger partial charge in [-0.25, -0.2) is 0 Å². The molecule has 0 fully saturated rings. The van der Waals surface area contributed by atoms with Gasteiger partial charge in [-0.1, -0.05) is 31.9 Å². The molecule has 10 heavy (non-hydrogen) atoms. The fourth-order valence-electron chi connectivity index (χ4n) is 0.828. The lowest BCUT2D eigenvalue weighted by Crippen LogP contribution is -1.82. The molecule has 0 saturated heterocycles. The van der Waals surface area contributed by atoms with E-state index >= 15 is 0 Å². The van der Waals surface area contributed by atoms with Crippen LogP contribution in [-0.4, -0.2) is 6.29 Å². The summed E-state index contributed by atoms with van der Waals surface area (Å²) in [4.78, 5) is 10.1. The summed E-state index contributed by atoms with van der Waals surface area (Å²) in [5, 5.41) is 0. The van der Waals surface area contributed by atoms with Crippen LogP contribution in [-0.2, 0) is 4.79 Å². The second-order valence-electron chi connectivity index (χ2n) is 2.38. The Balaban J connectivity index is 3.65. The lowest BCUT2D eigenvalue weighted by atomic mass is 10.1. The molecule has 0 heterocycles. The van der Waals surface area contributed by atoms with Crippen molar-refractivity contribution in [2.75, 3.05) is 0 Å². The highest BCUT2D eigenvalue weighted by molar-refractivity contribution is 5.54. The van der Waals surface area contributed by atoms with E-state index in [1.807, 2.05) is 0 Å². The Labute approximate surface area is 63.1 Å². The molecule has 0 aromatic heterocycles. The maximum Gasteiger partial charge on any atom is 0.124 e. The third kappa shape index (κ3) is 4.30. The van der Waals surface area contributed by atoms with Crippen LogP contribution in [0.2, 0.25) is 0 Å². The summed E-state index contributed by atoms with van der Waals surface area (Å²) in [6.45, 7) is 4.23. The lowest BCUT2D eigenvalue weighted by molar-refractivity contribution is -0.107. The van der Waals surface area contributed by atoms with Gasteiger partial charge in [0, 0.05) is 6.42 Å². The van der Waals surface area contributed by atoms with Gasteiger partial charge in [0.2, 0.25) is 0 Å². The molecule has 0 atom stereocenters. The van der Waals surface area contributed by atoms with Crippen LogP contribution in [0.4, 0.5) is 0 Å². The molecule has 1 heteroatoms. The number of aldehydes is 1. The normalized spacial score (nSPS) is 11.6. The van der Waals surface area contributed by atoms with E-state index in [-0.39, 0.29) is 0 Å². The maximum atomic E-state index is 10.1. The third-order valence-electron chi connectivity index (χ3n) is 1.52. The van der Waals surface area contributed by atoms with Crippen molar-refractivity contribution in [3.8, 4) is 0 Å². The quantitative estimate of drug-likeness (QED) is 0.424. The van der Waals surface area contributed by atoms with Crippen LogP contribution in [0, 0.1) is 0 Å². The first-order valence-electron chi connectivity index (χ1n) is 3.96. The summed E-state index contributed by atoms with van der Waals surface area (Å²) in [5.74, 6) is 0. The molecule has 0 saturated carbocycles. The van der Waals surface area contributed by atoms with E-state index in [2.05, 4.69) is 19.9 Å². The molecule has 0 N–H and O–H groups in total. The first kappa shape index (κ1) is 9.41. The highest BCUT2D eigenvalue weighted by Crippen LogP contribution is 2.06. The average molecular weight is 140 g/mol. The van der Waals surface area contributed by atoms with Crippen LogP contribution in [0.25, 0.3) is 0 Å². The minimum atomic E-state index is 0.622. The zero-order valence-electron chi connectivity index (χ0n) is 6.89. The van der Waals surface area contributed by atoms with Gasteiger partial charge in [0.25, 0.3) is 0 Å². The Kier molecular flexibility index (Phi) is 6.14. The highest BCUT2D eigenvalue weighted by Gasteiger charge is 1.90. The fraction of sp³-hybridized carbons (Fsp3) is 0.667. The molecule has 0 aliphatic rings. The average Bonchev–Trinajstić information content (AvgIpc) is 1.98. The molecule has 0 bridgehead atoms. The molecule has 0 amide bonds. The van der Waals surface area contributed by atoms with E-state index in [0.29, 0.717) is 6.42 Å². The number of hydrogen-bond donors (Lipinski definition) is 0. The van der Waals surface area contributed by atoms with Crippen molar-refractivity contribution in [3.05, 3.63) is 11.6 Å². The van der Waals surface area contributed by atoms with Gasteiger partial charge in [-0.3, -0.25) is 0 Å². The summed E-state index contributed by atoms with van der Waals surface area (Å²) >= 11 is 0. The predicted octanol–water partition coefficient (Wildman–Crippen LogP) is 2.71. The van der Waals surface area contributed by atoms with E-state index < -0.39 is 0 Å².